The van der Waals surface area contributed by atoms with E-state index in [1.807, 2.05) is 35.9 Å². The Kier molecular flexibility index (Phi) is 2.72. The average Bonchev–Trinajstić information content (AvgIpc) is 2.65. The third-order valence-corrected chi connectivity index (χ3v) is 2.55. The number of rotatable bonds is 3. The maximum atomic E-state index is 11.2. The molecule has 1 aromatic carbocycles. The van der Waals surface area contributed by atoms with Crippen LogP contribution in [0.1, 0.15) is 21.7 Å². The summed E-state index contributed by atoms with van der Waals surface area (Å²) in [5.74, 6) is 0.521. The van der Waals surface area contributed by atoms with E-state index >= 15 is 0 Å². The zero-order chi connectivity index (χ0) is 11.5. The van der Waals surface area contributed by atoms with E-state index in [4.69, 9.17) is 5.73 Å². The lowest BCUT2D eigenvalue weighted by molar-refractivity contribution is 0.0999. The van der Waals surface area contributed by atoms with Crippen molar-refractivity contribution in [3.63, 3.8) is 0 Å². The van der Waals surface area contributed by atoms with Gasteiger partial charge in [-0.15, -0.1) is 0 Å². The summed E-state index contributed by atoms with van der Waals surface area (Å²) in [4.78, 5) is 15.4. The van der Waals surface area contributed by atoms with Gasteiger partial charge in [-0.25, -0.2) is 4.98 Å². The lowest BCUT2D eigenvalue weighted by atomic mass is 10.1. The van der Waals surface area contributed by atoms with E-state index in [2.05, 4.69) is 4.98 Å². The molecule has 0 aliphatic carbocycles. The van der Waals surface area contributed by atoms with E-state index in [9.17, 15) is 4.79 Å². The van der Waals surface area contributed by atoms with E-state index in [0.717, 1.165) is 11.4 Å². The number of amides is 1. The Balaban J connectivity index is 2.35. The molecule has 4 nitrogen and oxygen atoms in total. The smallest absolute Gasteiger partial charge is 0.249 e. The lowest BCUT2D eigenvalue weighted by Gasteiger charge is -2.08. The molecule has 2 N–H and O–H groups in total. The number of carbonyl (C=O) groups is 1. The summed E-state index contributed by atoms with van der Waals surface area (Å²) >= 11 is 0. The van der Waals surface area contributed by atoms with E-state index in [1.165, 1.54) is 0 Å². The van der Waals surface area contributed by atoms with Crippen molar-refractivity contribution in [2.24, 2.45) is 5.73 Å². The largest absolute Gasteiger partial charge is 0.366 e. The highest BCUT2D eigenvalue weighted by Gasteiger charge is 2.08. The molecule has 2 aromatic rings. The first-order chi connectivity index (χ1) is 7.68. The molecular weight excluding hydrogens is 202 g/mol. The highest BCUT2D eigenvalue weighted by atomic mass is 16.1. The van der Waals surface area contributed by atoms with Crippen LogP contribution >= 0.6 is 0 Å². The summed E-state index contributed by atoms with van der Waals surface area (Å²) in [6, 6.07) is 7.35. The number of nitrogens with two attached hydrogens (primary N) is 1. The average molecular weight is 215 g/mol. The molecule has 4 heteroatoms. The number of imidazole rings is 1. The molecule has 1 heterocycles. The van der Waals surface area contributed by atoms with Crippen molar-refractivity contribution in [1.29, 1.82) is 0 Å². The quantitative estimate of drug-likeness (QED) is 0.839. The van der Waals surface area contributed by atoms with Gasteiger partial charge in [-0.2, -0.15) is 0 Å². The van der Waals surface area contributed by atoms with Crippen LogP contribution < -0.4 is 5.73 Å². The second kappa shape index (κ2) is 4.18. The normalized spacial score (nSPS) is 10.3. The van der Waals surface area contributed by atoms with Crippen molar-refractivity contribution < 1.29 is 4.79 Å². The Morgan fingerprint density at radius 3 is 2.81 bits per heavy atom. The molecule has 0 aliphatic heterocycles. The Hall–Kier alpha value is -2.10. The molecule has 0 saturated heterocycles. The van der Waals surface area contributed by atoms with Crippen LogP contribution in [0.2, 0.25) is 0 Å². The molecular formula is C12H13N3O. The highest BCUT2D eigenvalue weighted by Crippen LogP contribution is 2.11. The maximum Gasteiger partial charge on any atom is 0.249 e. The van der Waals surface area contributed by atoms with Gasteiger partial charge in [0.25, 0.3) is 0 Å². The summed E-state index contributed by atoms with van der Waals surface area (Å²) < 4.78 is 1.97. The third kappa shape index (κ3) is 1.95. The Bertz CT molecular complexity index is 516. The van der Waals surface area contributed by atoms with Crippen molar-refractivity contribution in [1.82, 2.24) is 9.55 Å². The minimum absolute atomic E-state index is 0.395. The number of nitrogens with zero attached hydrogens (tertiary/aromatic N) is 2. The van der Waals surface area contributed by atoms with Crippen LogP contribution in [0.4, 0.5) is 0 Å². The number of hydrogen-bond donors (Lipinski definition) is 1. The fourth-order valence-corrected chi connectivity index (χ4v) is 1.65. The van der Waals surface area contributed by atoms with Gasteiger partial charge in [-0.3, -0.25) is 4.79 Å². The second-order valence-corrected chi connectivity index (χ2v) is 3.62. The predicted molar refractivity (Wildman–Crippen MR) is 61.0 cm³/mol. The van der Waals surface area contributed by atoms with Gasteiger partial charge in [0.05, 0.1) is 0 Å². The van der Waals surface area contributed by atoms with Crippen molar-refractivity contribution in [3.05, 3.63) is 53.6 Å². The van der Waals surface area contributed by atoms with Crippen LogP contribution in [-0.2, 0) is 6.54 Å². The van der Waals surface area contributed by atoms with Crippen molar-refractivity contribution in [3.8, 4) is 0 Å². The van der Waals surface area contributed by atoms with Gasteiger partial charge in [0, 0.05) is 24.5 Å². The fourth-order valence-electron chi connectivity index (χ4n) is 1.65. The molecule has 0 fully saturated rings. The number of hydrogen-bond acceptors (Lipinski definition) is 2. The number of benzene rings is 1. The summed E-state index contributed by atoms with van der Waals surface area (Å²) in [6.07, 6.45) is 3.62. The molecule has 0 aliphatic rings. The molecule has 0 saturated carbocycles. The van der Waals surface area contributed by atoms with Crippen molar-refractivity contribution in [2.45, 2.75) is 13.5 Å². The van der Waals surface area contributed by atoms with Crippen LogP contribution in [-0.4, -0.2) is 15.5 Å². The van der Waals surface area contributed by atoms with Gasteiger partial charge in [-0.1, -0.05) is 18.2 Å². The van der Waals surface area contributed by atoms with E-state index in [0.29, 0.717) is 12.1 Å². The minimum Gasteiger partial charge on any atom is -0.366 e. The first-order valence-electron chi connectivity index (χ1n) is 5.04. The van der Waals surface area contributed by atoms with Crippen LogP contribution in [0.15, 0.2) is 36.7 Å². The molecule has 0 unspecified atom stereocenters. The molecule has 16 heavy (non-hydrogen) atoms. The number of aromatic nitrogens is 2. The minimum atomic E-state index is -0.395. The predicted octanol–water partition coefficient (Wildman–Crippen LogP) is 1.34. The number of aryl methyl sites for hydroxylation is 1. The molecule has 1 amide bonds. The second-order valence-electron chi connectivity index (χ2n) is 3.62. The van der Waals surface area contributed by atoms with Crippen molar-refractivity contribution in [2.75, 3.05) is 0 Å². The van der Waals surface area contributed by atoms with Gasteiger partial charge in [0.2, 0.25) is 5.91 Å². The van der Waals surface area contributed by atoms with Gasteiger partial charge in [0.1, 0.15) is 5.82 Å². The van der Waals surface area contributed by atoms with E-state index < -0.39 is 5.91 Å². The highest BCUT2D eigenvalue weighted by molar-refractivity contribution is 5.94. The van der Waals surface area contributed by atoms with Crippen LogP contribution in [0.5, 0.6) is 0 Å². The zero-order valence-electron chi connectivity index (χ0n) is 9.05. The summed E-state index contributed by atoms with van der Waals surface area (Å²) in [7, 11) is 0. The molecule has 2 rings (SSSR count). The van der Waals surface area contributed by atoms with Crippen molar-refractivity contribution >= 4 is 5.91 Å². The Morgan fingerprint density at radius 2 is 2.19 bits per heavy atom. The van der Waals surface area contributed by atoms with Gasteiger partial charge >= 0.3 is 0 Å². The molecule has 0 radical (unpaired) electrons. The van der Waals surface area contributed by atoms with Gasteiger partial charge in [0.15, 0.2) is 0 Å². The number of carbonyl (C=O) groups excluding carboxylic acids is 1. The first-order valence-corrected chi connectivity index (χ1v) is 5.04. The van der Waals surface area contributed by atoms with Crippen LogP contribution in [0, 0.1) is 6.92 Å². The van der Waals surface area contributed by atoms with E-state index in [-0.39, 0.29) is 0 Å². The van der Waals surface area contributed by atoms with E-state index in [1.54, 1.807) is 12.3 Å². The van der Waals surface area contributed by atoms with Gasteiger partial charge < -0.3 is 10.3 Å². The molecule has 1 aromatic heterocycles. The van der Waals surface area contributed by atoms with Crippen LogP contribution in [0.3, 0.4) is 0 Å². The molecule has 0 bridgehead atoms. The number of primary amides is 1. The molecule has 0 atom stereocenters. The van der Waals surface area contributed by atoms with Crippen LogP contribution in [0.25, 0.3) is 0 Å². The molecule has 0 spiro atoms. The summed E-state index contributed by atoms with van der Waals surface area (Å²) in [5.41, 5.74) is 6.80. The Labute approximate surface area is 93.7 Å². The monoisotopic (exact) mass is 215 g/mol. The first kappa shape index (κ1) is 10.4. The third-order valence-electron chi connectivity index (χ3n) is 2.55. The summed E-state index contributed by atoms with van der Waals surface area (Å²) in [5, 5.41) is 0. The maximum absolute atomic E-state index is 11.2. The topological polar surface area (TPSA) is 60.9 Å². The fraction of sp³-hybridized carbons (Fsp3) is 0.167. The SMILES string of the molecule is Cc1nccn1Cc1ccccc1C(N)=O. The summed E-state index contributed by atoms with van der Waals surface area (Å²) in [6.45, 7) is 2.54. The Morgan fingerprint density at radius 1 is 1.44 bits per heavy atom. The lowest BCUT2D eigenvalue weighted by Crippen LogP contribution is -2.15. The zero-order valence-corrected chi connectivity index (χ0v) is 9.05. The standard InChI is InChI=1S/C12H13N3O/c1-9-14-6-7-15(9)8-10-4-2-3-5-11(10)12(13)16/h2-7H,8H2,1H3,(H2,13,16). The van der Waals surface area contributed by atoms with Gasteiger partial charge in [-0.05, 0) is 18.6 Å². The molecule has 82 valence electrons.